The Morgan fingerprint density at radius 1 is 1.24 bits per heavy atom. The van der Waals surface area contributed by atoms with Gasteiger partial charge in [-0.05, 0) is 38.0 Å². The molecule has 1 aliphatic heterocycles. The average Bonchev–Trinajstić information content (AvgIpc) is 2.97. The lowest BCUT2D eigenvalue weighted by Crippen LogP contribution is -2.35. The van der Waals surface area contributed by atoms with Gasteiger partial charge in [-0.25, -0.2) is 0 Å². The Balaban J connectivity index is 1.49. The third-order valence-electron chi connectivity index (χ3n) is 5.08. The molecular weight excluding hydrogens is 374 g/mol. The van der Waals surface area contributed by atoms with Gasteiger partial charge in [0.1, 0.15) is 0 Å². The van der Waals surface area contributed by atoms with Gasteiger partial charge in [0.15, 0.2) is 6.10 Å². The van der Waals surface area contributed by atoms with Crippen LogP contribution in [0, 0.1) is 23.2 Å². The van der Waals surface area contributed by atoms with Crippen LogP contribution in [0.15, 0.2) is 36.4 Å². The zero-order chi connectivity index (χ0) is 21.0. The van der Waals surface area contributed by atoms with Crippen molar-refractivity contribution < 1.29 is 23.9 Å². The number of carbonyl (C=O) groups excluding carboxylic acids is 4. The van der Waals surface area contributed by atoms with Crippen molar-refractivity contribution in [2.45, 2.75) is 32.3 Å². The van der Waals surface area contributed by atoms with Crippen LogP contribution >= 0.6 is 0 Å². The molecule has 0 unspecified atom stereocenters. The number of carbonyl (C=O) groups is 4. The van der Waals surface area contributed by atoms with Crippen molar-refractivity contribution in [1.82, 2.24) is 4.90 Å². The van der Waals surface area contributed by atoms with E-state index in [1.165, 1.54) is 13.0 Å². The summed E-state index contributed by atoms with van der Waals surface area (Å²) in [6.07, 6.45) is 3.64. The molecule has 3 amide bonds. The second-order valence-electron chi connectivity index (χ2n) is 7.05. The molecule has 0 saturated carbocycles. The number of hydrogen-bond acceptors (Lipinski definition) is 6. The van der Waals surface area contributed by atoms with E-state index in [1.54, 1.807) is 18.2 Å². The number of fused-ring (bicyclic) bond motifs is 1. The number of benzene rings is 1. The van der Waals surface area contributed by atoms with Crippen LogP contribution in [0.25, 0.3) is 0 Å². The first-order chi connectivity index (χ1) is 13.9. The first-order valence-electron chi connectivity index (χ1n) is 9.41. The van der Waals surface area contributed by atoms with Crippen LogP contribution in [0.2, 0.25) is 0 Å². The van der Waals surface area contributed by atoms with Crippen LogP contribution in [0.3, 0.4) is 0 Å². The van der Waals surface area contributed by atoms with E-state index in [0.717, 1.165) is 4.90 Å². The largest absolute Gasteiger partial charge is 0.452 e. The van der Waals surface area contributed by atoms with E-state index in [4.69, 9.17) is 10.00 Å². The summed E-state index contributed by atoms with van der Waals surface area (Å²) in [6.45, 7) is 1.37. The lowest BCUT2D eigenvalue weighted by molar-refractivity contribution is -0.154. The molecule has 8 heteroatoms. The van der Waals surface area contributed by atoms with Crippen LogP contribution in [0.5, 0.6) is 0 Å². The van der Waals surface area contributed by atoms with E-state index in [0.29, 0.717) is 24.1 Å². The highest BCUT2D eigenvalue weighted by Gasteiger charge is 2.47. The van der Waals surface area contributed by atoms with E-state index in [1.807, 2.05) is 18.2 Å². The van der Waals surface area contributed by atoms with Crippen molar-refractivity contribution in [2.75, 3.05) is 11.9 Å². The molecule has 150 valence electrons. The monoisotopic (exact) mass is 395 g/mol. The van der Waals surface area contributed by atoms with Gasteiger partial charge in [-0.2, -0.15) is 5.26 Å². The molecular formula is C21H21N3O5. The maximum Gasteiger partial charge on any atom is 0.308 e. The average molecular weight is 395 g/mol. The van der Waals surface area contributed by atoms with Crippen LogP contribution in [-0.2, 0) is 23.9 Å². The van der Waals surface area contributed by atoms with Crippen molar-refractivity contribution in [3.8, 4) is 6.07 Å². The predicted molar refractivity (Wildman–Crippen MR) is 102 cm³/mol. The third-order valence-corrected chi connectivity index (χ3v) is 5.08. The van der Waals surface area contributed by atoms with E-state index in [-0.39, 0.29) is 36.6 Å². The number of nitrogens with zero attached hydrogens (tertiary/aromatic N) is 2. The minimum Gasteiger partial charge on any atom is -0.452 e. The van der Waals surface area contributed by atoms with Crippen LogP contribution in [-0.4, -0.2) is 41.2 Å². The second-order valence-corrected chi connectivity index (χ2v) is 7.05. The number of ether oxygens (including phenoxy) is 1. The highest BCUT2D eigenvalue weighted by molar-refractivity contribution is 6.05. The highest BCUT2D eigenvalue weighted by Crippen LogP contribution is 2.35. The first-order valence-corrected chi connectivity index (χ1v) is 9.41. The third kappa shape index (κ3) is 4.51. The smallest absolute Gasteiger partial charge is 0.308 e. The number of nitriles is 1. The Labute approximate surface area is 168 Å². The minimum absolute atomic E-state index is 0.0535. The number of hydrogen-bond donors (Lipinski definition) is 1. The molecule has 2 aliphatic rings. The second kappa shape index (κ2) is 8.69. The minimum atomic E-state index is -1.06. The number of amides is 3. The standard InChI is InChI=1S/C21H21N3O5/c1-13(19(26)23-15-6-4-5-14(11-15)12-22)29-18(25)9-10-24-20(27)16-7-2-3-8-17(16)21(24)28/h2-6,11,13,16-17H,7-10H2,1H3,(H,23,26)/t13-,16+,17+/m1/s1. The molecule has 1 N–H and O–H groups in total. The van der Waals surface area contributed by atoms with Crippen molar-refractivity contribution in [1.29, 1.82) is 5.26 Å². The number of esters is 1. The molecule has 29 heavy (non-hydrogen) atoms. The summed E-state index contributed by atoms with van der Waals surface area (Å²) in [5, 5.41) is 11.5. The number of nitrogens with one attached hydrogen (secondary N) is 1. The zero-order valence-corrected chi connectivity index (χ0v) is 16.0. The van der Waals surface area contributed by atoms with Crippen LogP contribution in [0.1, 0.15) is 31.7 Å². The topological polar surface area (TPSA) is 117 Å². The fourth-order valence-electron chi connectivity index (χ4n) is 3.51. The number of imide groups is 1. The molecule has 3 rings (SSSR count). The lowest BCUT2D eigenvalue weighted by Gasteiger charge is -2.16. The molecule has 1 aliphatic carbocycles. The summed E-state index contributed by atoms with van der Waals surface area (Å²) in [4.78, 5) is 50.2. The van der Waals surface area contributed by atoms with E-state index < -0.39 is 18.0 Å². The summed E-state index contributed by atoms with van der Waals surface area (Å²) in [7, 11) is 0. The molecule has 0 radical (unpaired) electrons. The van der Waals surface area contributed by atoms with Gasteiger partial charge in [0, 0.05) is 12.2 Å². The summed E-state index contributed by atoms with van der Waals surface area (Å²) >= 11 is 0. The fourth-order valence-corrected chi connectivity index (χ4v) is 3.51. The van der Waals surface area contributed by atoms with Gasteiger partial charge in [0.2, 0.25) is 11.8 Å². The van der Waals surface area contributed by atoms with Crippen molar-refractivity contribution in [3.05, 3.63) is 42.0 Å². The normalized spacial score (nSPS) is 21.3. The molecule has 3 atom stereocenters. The van der Waals surface area contributed by atoms with Gasteiger partial charge in [-0.15, -0.1) is 0 Å². The molecule has 1 aromatic rings. The van der Waals surface area contributed by atoms with E-state index in [9.17, 15) is 19.2 Å². The predicted octanol–water partition coefficient (Wildman–Crippen LogP) is 1.77. The van der Waals surface area contributed by atoms with Gasteiger partial charge < -0.3 is 10.1 Å². The molecule has 1 fully saturated rings. The van der Waals surface area contributed by atoms with Gasteiger partial charge in [-0.3, -0.25) is 24.1 Å². The van der Waals surface area contributed by atoms with Crippen molar-refractivity contribution in [2.24, 2.45) is 11.8 Å². The molecule has 0 aromatic heterocycles. The lowest BCUT2D eigenvalue weighted by atomic mass is 9.85. The van der Waals surface area contributed by atoms with Crippen LogP contribution in [0.4, 0.5) is 5.69 Å². The number of anilines is 1. The van der Waals surface area contributed by atoms with Gasteiger partial charge in [-0.1, -0.05) is 18.2 Å². The SMILES string of the molecule is C[C@@H](OC(=O)CCN1C(=O)[C@H]2CC=CC[C@@H]2C1=O)C(=O)Nc1cccc(C#N)c1. The Hall–Kier alpha value is -3.47. The van der Waals surface area contributed by atoms with E-state index >= 15 is 0 Å². The van der Waals surface area contributed by atoms with Gasteiger partial charge in [0.25, 0.3) is 5.91 Å². The maximum atomic E-state index is 12.4. The number of rotatable bonds is 6. The Kier molecular flexibility index (Phi) is 6.07. The zero-order valence-electron chi connectivity index (χ0n) is 16.0. The molecule has 0 bridgehead atoms. The Bertz CT molecular complexity index is 891. The first kappa shape index (κ1) is 20.3. The van der Waals surface area contributed by atoms with Gasteiger partial charge >= 0.3 is 5.97 Å². The Morgan fingerprint density at radius 2 is 1.90 bits per heavy atom. The van der Waals surface area contributed by atoms with Gasteiger partial charge in [0.05, 0.1) is 29.9 Å². The fraction of sp³-hybridized carbons (Fsp3) is 0.381. The quantitative estimate of drug-likeness (QED) is 0.446. The summed E-state index contributed by atoms with van der Waals surface area (Å²) in [5.41, 5.74) is 0.810. The maximum absolute atomic E-state index is 12.4. The van der Waals surface area contributed by atoms with Crippen molar-refractivity contribution >= 4 is 29.4 Å². The summed E-state index contributed by atoms with van der Waals surface area (Å²) < 4.78 is 5.11. The molecule has 1 saturated heterocycles. The number of likely N-dealkylation sites (tertiary alicyclic amines) is 1. The summed E-state index contributed by atoms with van der Waals surface area (Å²) in [6, 6.07) is 8.32. The molecule has 1 aromatic carbocycles. The summed E-state index contributed by atoms with van der Waals surface area (Å²) in [5.74, 6) is -2.39. The van der Waals surface area contributed by atoms with Crippen LogP contribution < -0.4 is 5.32 Å². The van der Waals surface area contributed by atoms with Crippen molar-refractivity contribution in [3.63, 3.8) is 0 Å². The molecule has 8 nitrogen and oxygen atoms in total. The van der Waals surface area contributed by atoms with E-state index in [2.05, 4.69) is 5.32 Å². The Morgan fingerprint density at radius 3 is 2.52 bits per heavy atom. The number of allylic oxidation sites excluding steroid dienone is 2. The highest BCUT2D eigenvalue weighted by atomic mass is 16.5. The molecule has 1 heterocycles. The molecule has 0 spiro atoms.